The molecule has 0 amide bonds. The topological polar surface area (TPSA) is 12.5 Å². The van der Waals surface area contributed by atoms with E-state index >= 15 is 0 Å². The summed E-state index contributed by atoms with van der Waals surface area (Å²) in [5.41, 5.74) is 0. The van der Waals surface area contributed by atoms with Gasteiger partial charge in [0.05, 0.1) is 6.10 Å². The Morgan fingerprint density at radius 1 is 1.64 bits per heavy atom. The maximum atomic E-state index is 5.28. The molecule has 0 N–H and O–H groups in total. The minimum absolute atomic E-state index is 0.504. The lowest BCUT2D eigenvalue weighted by Gasteiger charge is -2.13. The van der Waals surface area contributed by atoms with Gasteiger partial charge in [0.1, 0.15) is 0 Å². The molecule has 1 atom stereocenters. The molecular formula is C8H16INO. The van der Waals surface area contributed by atoms with Crippen molar-refractivity contribution in [3.8, 4) is 0 Å². The minimum atomic E-state index is 0.504. The fourth-order valence-electron chi connectivity index (χ4n) is 1.48. The molecule has 3 heteroatoms. The molecule has 0 aliphatic carbocycles. The highest BCUT2D eigenvalue weighted by Crippen LogP contribution is 2.11. The number of likely N-dealkylation sites (tertiary alicyclic amines) is 1. The predicted octanol–water partition coefficient (Wildman–Crippen LogP) is 1.53. The average Bonchev–Trinajstić information content (AvgIpc) is 2.48. The highest BCUT2D eigenvalue weighted by Gasteiger charge is 2.20. The van der Waals surface area contributed by atoms with Crippen LogP contribution in [-0.2, 0) is 4.74 Å². The van der Waals surface area contributed by atoms with E-state index in [1.807, 2.05) is 7.11 Å². The molecule has 0 bridgehead atoms. The van der Waals surface area contributed by atoms with E-state index in [0.717, 1.165) is 6.54 Å². The number of alkyl halides is 1. The molecule has 1 rings (SSSR count). The molecule has 0 aromatic heterocycles. The number of methoxy groups -OCH3 is 1. The van der Waals surface area contributed by atoms with E-state index in [1.165, 1.54) is 30.4 Å². The second kappa shape index (κ2) is 5.32. The van der Waals surface area contributed by atoms with Crippen LogP contribution in [0.4, 0.5) is 0 Å². The first-order valence-corrected chi connectivity index (χ1v) is 5.70. The van der Waals surface area contributed by atoms with Crippen LogP contribution >= 0.6 is 22.6 Å². The number of rotatable bonds is 4. The van der Waals surface area contributed by atoms with Gasteiger partial charge in [0.2, 0.25) is 0 Å². The molecule has 2 nitrogen and oxygen atoms in total. The summed E-state index contributed by atoms with van der Waals surface area (Å²) in [6.07, 6.45) is 3.04. The first kappa shape index (κ1) is 9.74. The lowest BCUT2D eigenvalue weighted by molar-refractivity contribution is 0.108. The standard InChI is InChI=1S/C8H16INO/c1-11-8-3-6-10(7-8)5-2-4-9/h8H,2-7H2,1H3/t8-/m1/s1. The zero-order chi connectivity index (χ0) is 8.10. The summed E-state index contributed by atoms with van der Waals surface area (Å²) in [6.45, 7) is 3.63. The van der Waals surface area contributed by atoms with E-state index in [2.05, 4.69) is 27.5 Å². The molecule has 1 saturated heterocycles. The zero-order valence-electron chi connectivity index (χ0n) is 7.05. The van der Waals surface area contributed by atoms with Gasteiger partial charge in [-0.15, -0.1) is 0 Å². The third kappa shape index (κ3) is 3.25. The van der Waals surface area contributed by atoms with Crippen molar-refractivity contribution in [1.29, 1.82) is 0 Å². The highest BCUT2D eigenvalue weighted by atomic mass is 127. The average molecular weight is 269 g/mol. The minimum Gasteiger partial charge on any atom is -0.380 e. The van der Waals surface area contributed by atoms with Crippen molar-refractivity contribution in [2.24, 2.45) is 0 Å². The molecule has 1 aliphatic rings. The number of hydrogen-bond acceptors (Lipinski definition) is 2. The molecule has 1 fully saturated rings. The summed E-state index contributed by atoms with van der Waals surface area (Å²) in [6, 6.07) is 0. The van der Waals surface area contributed by atoms with Crippen molar-refractivity contribution in [2.75, 3.05) is 31.2 Å². The molecule has 0 radical (unpaired) electrons. The Bertz CT molecular complexity index is 110. The van der Waals surface area contributed by atoms with Gasteiger partial charge < -0.3 is 9.64 Å². The summed E-state index contributed by atoms with van der Waals surface area (Å²) < 4.78 is 6.55. The molecule has 1 aliphatic heterocycles. The Hall–Kier alpha value is 0.650. The monoisotopic (exact) mass is 269 g/mol. The SMILES string of the molecule is CO[C@@H]1CCN(CCCI)C1. The lowest BCUT2D eigenvalue weighted by Crippen LogP contribution is -2.24. The second-order valence-corrected chi connectivity index (χ2v) is 4.07. The Morgan fingerprint density at radius 2 is 2.45 bits per heavy atom. The Balaban J connectivity index is 2.09. The van der Waals surface area contributed by atoms with Crippen molar-refractivity contribution in [1.82, 2.24) is 4.90 Å². The maximum Gasteiger partial charge on any atom is 0.0710 e. The van der Waals surface area contributed by atoms with Gasteiger partial charge >= 0.3 is 0 Å². The molecule has 1 heterocycles. The number of hydrogen-bond donors (Lipinski definition) is 0. The summed E-state index contributed by atoms with van der Waals surface area (Å²) >= 11 is 2.43. The summed E-state index contributed by atoms with van der Waals surface area (Å²) in [5.74, 6) is 0. The largest absolute Gasteiger partial charge is 0.380 e. The van der Waals surface area contributed by atoms with Gasteiger partial charge in [-0.2, -0.15) is 0 Å². The summed E-state index contributed by atoms with van der Waals surface area (Å²) in [4.78, 5) is 2.49. The smallest absolute Gasteiger partial charge is 0.0710 e. The molecule has 0 unspecified atom stereocenters. The van der Waals surface area contributed by atoms with Crippen molar-refractivity contribution >= 4 is 22.6 Å². The summed E-state index contributed by atoms with van der Waals surface area (Å²) in [7, 11) is 1.81. The Labute approximate surface area is 82.4 Å². The molecule has 0 aromatic rings. The Kier molecular flexibility index (Phi) is 4.71. The molecule has 0 spiro atoms. The van der Waals surface area contributed by atoms with E-state index in [1.54, 1.807) is 0 Å². The fourth-order valence-corrected chi connectivity index (χ4v) is 1.82. The lowest BCUT2D eigenvalue weighted by atomic mass is 10.3. The van der Waals surface area contributed by atoms with Crippen molar-refractivity contribution in [3.63, 3.8) is 0 Å². The fraction of sp³-hybridized carbons (Fsp3) is 1.00. The quantitative estimate of drug-likeness (QED) is 0.567. The van der Waals surface area contributed by atoms with Crippen molar-refractivity contribution in [2.45, 2.75) is 18.9 Å². The van der Waals surface area contributed by atoms with E-state index in [0.29, 0.717) is 6.10 Å². The van der Waals surface area contributed by atoms with Crippen LogP contribution < -0.4 is 0 Å². The third-order valence-electron chi connectivity index (χ3n) is 2.17. The van der Waals surface area contributed by atoms with E-state index < -0.39 is 0 Å². The number of halogens is 1. The van der Waals surface area contributed by atoms with Crippen LogP contribution in [0.2, 0.25) is 0 Å². The predicted molar refractivity (Wildman–Crippen MR) is 55.4 cm³/mol. The zero-order valence-corrected chi connectivity index (χ0v) is 9.21. The van der Waals surface area contributed by atoms with Crippen LogP contribution in [-0.4, -0.2) is 42.2 Å². The van der Waals surface area contributed by atoms with Gasteiger partial charge in [0.15, 0.2) is 0 Å². The van der Waals surface area contributed by atoms with Crippen LogP contribution in [0.25, 0.3) is 0 Å². The first-order chi connectivity index (χ1) is 5.36. The van der Waals surface area contributed by atoms with Crippen LogP contribution in [0.1, 0.15) is 12.8 Å². The molecule has 0 aromatic carbocycles. The molecule has 11 heavy (non-hydrogen) atoms. The normalized spacial score (nSPS) is 26.2. The van der Waals surface area contributed by atoms with E-state index in [9.17, 15) is 0 Å². The highest BCUT2D eigenvalue weighted by molar-refractivity contribution is 14.1. The van der Waals surface area contributed by atoms with Gasteiger partial charge in [-0.25, -0.2) is 0 Å². The van der Waals surface area contributed by atoms with Crippen LogP contribution in [0.15, 0.2) is 0 Å². The molecular weight excluding hydrogens is 253 g/mol. The molecule has 0 saturated carbocycles. The number of ether oxygens (including phenoxy) is 1. The van der Waals surface area contributed by atoms with Gasteiger partial charge in [-0.1, -0.05) is 22.6 Å². The van der Waals surface area contributed by atoms with Crippen LogP contribution in [0, 0.1) is 0 Å². The van der Waals surface area contributed by atoms with Gasteiger partial charge in [0, 0.05) is 24.6 Å². The first-order valence-electron chi connectivity index (χ1n) is 4.18. The van der Waals surface area contributed by atoms with Crippen molar-refractivity contribution in [3.05, 3.63) is 0 Å². The maximum absolute atomic E-state index is 5.28. The van der Waals surface area contributed by atoms with Crippen LogP contribution in [0.3, 0.4) is 0 Å². The van der Waals surface area contributed by atoms with Gasteiger partial charge in [-0.3, -0.25) is 0 Å². The number of nitrogens with zero attached hydrogens (tertiary/aromatic N) is 1. The second-order valence-electron chi connectivity index (χ2n) is 2.99. The van der Waals surface area contributed by atoms with E-state index in [-0.39, 0.29) is 0 Å². The van der Waals surface area contributed by atoms with Gasteiger partial charge in [-0.05, 0) is 19.4 Å². The van der Waals surface area contributed by atoms with Crippen molar-refractivity contribution < 1.29 is 4.74 Å². The van der Waals surface area contributed by atoms with Crippen LogP contribution in [0.5, 0.6) is 0 Å². The third-order valence-corrected chi connectivity index (χ3v) is 2.93. The molecule has 66 valence electrons. The summed E-state index contributed by atoms with van der Waals surface area (Å²) in [5, 5.41) is 0. The van der Waals surface area contributed by atoms with Gasteiger partial charge in [0.25, 0.3) is 0 Å². The Morgan fingerprint density at radius 3 is 3.00 bits per heavy atom. The van der Waals surface area contributed by atoms with E-state index in [4.69, 9.17) is 4.74 Å².